The summed E-state index contributed by atoms with van der Waals surface area (Å²) in [5.74, 6) is 0.856. The number of rotatable bonds is 2. The molecule has 0 saturated carbocycles. The standard InChI is InChI=1S/C17H14N2O3/c1-22-12-4-7-13-10(8-12)2-5-15-14-6-3-11(19(20)21)9-16(14)18-17(13)15/h3-4,6-9,18H,2,5H2,1H3. The summed E-state index contributed by atoms with van der Waals surface area (Å²) in [5, 5.41) is 12.0. The molecule has 110 valence electrons. The fourth-order valence-corrected chi connectivity index (χ4v) is 3.25. The van der Waals surface area contributed by atoms with Gasteiger partial charge in [0.25, 0.3) is 5.69 Å². The van der Waals surface area contributed by atoms with E-state index >= 15 is 0 Å². The minimum absolute atomic E-state index is 0.112. The Labute approximate surface area is 126 Å². The van der Waals surface area contributed by atoms with E-state index in [1.165, 1.54) is 11.1 Å². The Morgan fingerprint density at radius 1 is 1.18 bits per heavy atom. The summed E-state index contributed by atoms with van der Waals surface area (Å²) < 4.78 is 5.28. The number of nitro benzene ring substituents is 1. The van der Waals surface area contributed by atoms with Crippen LogP contribution in [0.2, 0.25) is 0 Å². The number of nitro groups is 1. The Morgan fingerprint density at radius 3 is 2.82 bits per heavy atom. The van der Waals surface area contributed by atoms with Crippen LogP contribution >= 0.6 is 0 Å². The van der Waals surface area contributed by atoms with E-state index in [2.05, 4.69) is 17.1 Å². The lowest BCUT2D eigenvalue weighted by molar-refractivity contribution is -0.384. The van der Waals surface area contributed by atoms with Gasteiger partial charge in [0.1, 0.15) is 5.75 Å². The van der Waals surface area contributed by atoms with Crippen molar-refractivity contribution >= 4 is 16.6 Å². The first-order valence-corrected chi connectivity index (χ1v) is 7.13. The van der Waals surface area contributed by atoms with Crippen molar-refractivity contribution in [1.29, 1.82) is 0 Å². The topological polar surface area (TPSA) is 68.2 Å². The first kappa shape index (κ1) is 12.9. The molecule has 0 unspecified atom stereocenters. The zero-order chi connectivity index (χ0) is 15.3. The molecule has 4 rings (SSSR count). The molecule has 3 aromatic rings. The molecule has 0 saturated heterocycles. The number of non-ortho nitro benzene ring substituents is 1. The van der Waals surface area contributed by atoms with E-state index < -0.39 is 0 Å². The zero-order valence-electron chi connectivity index (χ0n) is 12.1. The lowest BCUT2D eigenvalue weighted by Crippen LogP contribution is -2.03. The molecule has 5 nitrogen and oxygen atoms in total. The predicted octanol–water partition coefficient (Wildman–Crippen LogP) is 3.85. The molecule has 1 aromatic heterocycles. The van der Waals surface area contributed by atoms with Crippen LogP contribution in [0.25, 0.3) is 22.2 Å². The van der Waals surface area contributed by atoms with Gasteiger partial charge in [-0.2, -0.15) is 0 Å². The monoisotopic (exact) mass is 294 g/mol. The first-order valence-electron chi connectivity index (χ1n) is 7.13. The number of benzene rings is 2. The SMILES string of the molecule is COc1ccc2c(c1)CCc1c-2[nH]c2cc([N+](=O)[O-])ccc12. The van der Waals surface area contributed by atoms with E-state index in [1.807, 2.05) is 12.1 Å². The summed E-state index contributed by atoms with van der Waals surface area (Å²) in [6, 6.07) is 11.1. The van der Waals surface area contributed by atoms with Crippen LogP contribution in [0.5, 0.6) is 5.75 Å². The van der Waals surface area contributed by atoms with Crippen LogP contribution < -0.4 is 4.74 Å². The Kier molecular flexibility index (Phi) is 2.69. The maximum absolute atomic E-state index is 10.9. The van der Waals surface area contributed by atoms with Gasteiger partial charge in [-0.25, -0.2) is 0 Å². The van der Waals surface area contributed by atoms with Crippen LogP contribution in [0.4, 0.5) is 5.69 Å². The molecule has 0 amide bonds. The van der Waals surface area contributed by atoms with Crippen molar-refractivity contribution in [1.82, 2.24) is 4.98 Å². The van der Waals surface area contributed by atoms with Gasteiger partial charge < -0.3 is 9.72 Å². The highest BCUT2D eigenvalue weighted by molar-refractivity contribution is 5.93. The highest BCUT2D eigenvalue weighted by Gasteiger charge is 2.22. The number of methoxy groups -OCH3 is 1. The van der Waals surface area contributed by atoms with Gasteiger partial charge in [0.15, 0.2) is 0 Å². The van der Waals surface area contributed by atoms with Crippen molar-refractivity contribution in [3.63, 3.8) is 0 Å². The van der Waals surface area contributed by atoms with Gasteiger partial charge in [0, 0.05) is 28.8 Å². The third-order valence-electron chi connectivity index (χ3n) is 4.33. The normalized spacial score (nSPS) is 12.8. The maximum atomic E-state index is 10.9. The number of ether oxygens (including phenoxy) is 1. The molecule has 0 atom stereocenters. The fourth-order valence-electron chi connectivity index (χ4n) is 3.25. The summed E-state index contributed by atoms with van der Waals surface area (Å²) in [4.78, 5) is 13.9. The Morgan fingerprint density at radius 2 is 2.05 bits per heavy atom. The number of nitrogens with zero attached hydrogens (tertiary/aromatic N) is 1. The summed E-state index contributed by atoms with van der Waals surface area (Å²) in [5.41, 5.74) is 5.64. The third-order valence-corrected chi connectivity index (χ3v) is 4.33. The molecule has 2 aromatic carbocycles. The quantitative estimate of drug-likeness (QED) is 0.576. The van der Waals surface area contributed by atoms with Crippen LogP contribution in [0.15, 0.2) is 36.4 Å². The number of hydrogen-bond donors (Lipinski definition) is 1. The van der Waals surface area contributed by atoms with E-state index in [-0.39, 0.29) is 10.6 Å². The largest absolute Gasteiger partial charge is 0.497 e. The van der Waals surface area contributed by atoms with Gasteiger partial charge in [0.05, 0.1) is 17.5 Å². The van der Waals surface area contributed by atoms with Gasteiger partial charge in [-0.15, -0.1) is 0 Å². The highest BCUT2D eigenvalue weighted by Crippen LogP contribution is 2.39. The van der Waals surface area contributed by atoms with Gasteiger partial charge in [-0.05, 0) is 48.2 Å². The van der Waals surface area contributed by atoms with E-state index in [0.717, 1.165) is 40.8 Å². The summed E-state index contributed by atoms with van der Waals surface area (Å²) >= 11 is 0. The third kappa shape index (κ3) is 1.79. The Bertz CT molecular complexity index is 912. The highest BCUT2D eigenvalue weighted by atomic mass is 16.6. The van der Waals surface area contributed by atoms with Crippen LogP contribution in [0.3, 0.4) is 0 Å². The average molecular weight is 294 g/mol. The van der Waals surface area contributed by atoms with Crippen LogP contribution in [0, 0.1) is 10.1 Å². The number of fused-ring (bicyclic) bond motifs is 5. The van der Waals surface area contributed by atoms with Crippen LogP contribution in [-0.2, 0) is 12.8 Å². The van der Waals surface area contributed by atoms with Gasteiger partial charge in [-0.3, -0.25) is 10.1 Å². The first-order chi connectivity index (χ1) is 10.7. The number of nitrogens with one attached hydrogen (secondary N) is 1. The fraction of sp³-hybridized carbons (Fsp3) is 0.176. The molecule has 0 bridgehead atoms. The van der Waals surface area contributed by atoms with Crippen molar-refractivity contribution in [3.05, 3.63) is 57.6 Å². The molecule has 0 radical (unpaired) electrons. The van der Waals surface area contributed by atoms with E-state index in [9.17, 15) is 10.1 Å². The number of aromatic amines is 1. The molecule has 0 spiro atoms. The van der Waals surface area contributed by atoms with Crippen molar-refractivity contribution in [2.24, 2.45) is 0 Å². The predicted molar refractivity (Wildman–Crippen MR) is 84.3 cm³/mol. The molecule has 1 N–H and O–H groups in total. The molecule has 1 heterocycles. The minimum atomic E-state index is -0.363. The molecule has 0 fully saturated rings. The van der Waals surface area contributed by atoms with Crippen LogP contribution in [-0.4, -0.2) is 17.0 Å². The van der Waals surface area contributed by atoms with Gasteiger partial charge >= 0.3 is 0 Å². The number of aryl methyl sites for hydroxylation is 2. The zero-order valence-corrected chi connectivity index (χ0v) is 12.1. The van der Waals surface area contributed by atoms with Crippen molar-refractivity contribution in [2.45, 2.75) is 12.8 Å². The molecule has 5 heteroatoms. The second-order valence-electron chi connectivity index (χ2n) is 5.49. The number of H-pyrrole nitrogens is 1. The van der Waals surface area contributed by atoms with Crippen LogP contribution in [0.1, 0.15) is 11.1 Å². The van der Waals surface area contributed by atoms with Crippen molar-refractivity contribution in [3.8, 4) is 17.0 Å². The summed E-state index contributed by atoms with van der Waals surface area (Å²) in [7, 11) is 1.66. The smallest absolute Gasteiger partial charge is 0.271 e. The molecule has 22 heavy (non-hydrogen) atoms. The second-order valence-corrected chi connectivity index (χ2v) is 5.49. The van der Waals surface area contributed by atoms with E-state index in [0.29, 0.717) is 0 Å². The molecule has 1 aliphatic rings. The minimum Gasteiger partial charge on any atom is -0.497 e. The lowest BCUT2D eigenvalue weighted by atomic mass is 9.89. The molecular weight excluding hydrogens is 280 g/mol. The van der Waals surface area contributed by atoms with Crippen molar-refractivity contribution in [2.75, 3.05) is 7.11 Å². The summed E-state index contributed by atoms with van der Waals surface area (Å²) in [6.45, 7) is 0. The summed E-state index contributed by atoms with van der Waals surface area (Å²) in [6.07, 6.45) is 1.87. The molecule has 0 aliphatic heterocycles. The Hall–Kier alpha value is -2.82. The van der Waals surface area contributed by atoms with Crippen molar-refractivity contribution < 1.29 is 9.66 Å². The van der Waals surface area contributed by atoms with E-state index in [1.54, 1.807) is 19.2 Å². The molecular formula is C17H14N2O3. The average Bonchev–Trinajstić information content (AvgIpc) is 2.92. The number of aromatic nitrogens is 1. The van der Waals surface area contributed by atoms with Gasteiger partial charge in [0.2, 0.25) is 0 Å². The Balaban J connectivity index is 1.93. The second kappa shape index (κ2) is 4.59. The molecule has 1 aliphatic carbocycles. The van der Waals surface area contributed by atoms with E-state index in [4.69, 9.17) is 4.74 Å². The lowest BCUT2D eigenvalue weighted by Gasteiger charge is -2.17. The maximum Gasteiger partial charge on any atom is 0.271 e. The van der Waals surface area contributed by atoms with Gasteiger partial charge in [-0.1, -0.05) is 0 Å². The number of hydrogen-bond acceptors (Lipinski definition) is 3.